The molecular weight excluding hydrogens is 548 g/mol. The van der Waals surface area contributed by atoms with Crippen molar-refractivity contribution in [2.45, 2.75) is 57.1 Å². The van der Waals surface area contributed by atoms with Gasteiger partial charge in [0.25, 0.3) is 5.91 Å². The van der Waals surface area contributed by atoms with Crippen LogP contribution in [0.2, 0.25) is 0 Å². The van der Waals surface area contributed by atoms with Crippen LogP contribution in [0.25, 0.3) is 5.70 Å². The van der Waals surface area contributed by atoms with E-state index in [2.05, 4.69) is 30.8 Å². The maximum absolute atomic E-state index is 14.3. The zero-order valence-corrected chi connectivity index (χ0v) is 22.2. The number of dihydropyridines is 1. The van der Waals surface area contributed by atoms with Crippen molar-refractivity contribution in [3.05, 3.63) is 41.0 Å². The largest absolute Gasteiger partial charge is 0.397 e. The summed E-state index contributed by atoms with van der Waals surface area (Å²) in [6, 6.07) is 3.03. The highest BCUT2D eigenvalue weighted by Gasteiger charge is 2.35. The molecule has 3 unspecified atom stereocenters. The number of amides is 2. The van der Waals surface area contributed by atoms with E-state index in [0.29, 0.717) is 24.2 Å². The fourth-order valence-corrected chi connectivity index (χ4v) is 4.41. The number of aliphatic imine (C=N–C) groups is 1. The topological polar surface area (TPSA) is 155 Å². The standard InChI is InChI=1S/C26H28F4N8O3/c1-25(2,41)20(27)12-34-24(40)16-11-32-18(23-22-19(36-37-23)6-14(9-31)10-33-22)7-17(16)35-15-4-3-5-38(13-15)21(39)8-26(28,29)30/h6-7,10-11,14-15,20,41H,3-5,8,12-13H2,1-2H3,(H,32,35)(H,34,40). The molecule has 0 radical (unpaired) electrons. The molecule has 2 amide bonds. The summed E-state index contributed by atoms with van der Waals surface area (Å²) in [5.74, 6) is -2.32. The molecule has 3 aliphatic rings. The summed E-state index contributed by atoms with van der Waals surface area (Å²) < 4.78 is 52.7. The number of allylic oxidation sites excluding steroid dienone is 1. The highest BCUT2D eigenvalue weighted by molar-refractivity contribution is 6.00. The Hall–Kier alpha value is -4.19. The number of nitrogens with one attached hydrogen (secondary N) is 2. The smallest absolute Gasteiger partial charge is 0.387 e. The Labute approximate surface area is 232 Å². The zero-order valence-electron chi connectivity index (χ0n) is 22.2. The minimum absolute atomic E-state index is 0.00317. The van der Waals surface area contributed by atoms with Gasteiger partial charge in [-0.05, 0) is 38.8 Å². The number of rotatable bonds is 8. The second-order valence-electron chi connectivity index (χ2n) is 10.4. The van der Waals surface area contributed by atoms with Crippen molar-refractivity contribution in [3.63, 3.8) is 0 Å². The highest BCUT2D eigenvalue weighted by Crippen LogP contribution is 2.36. The summed E-state index contributed by atoms with van der Waals surface area (Å²) in [4.78, 5) is 35.0. The number of hydrogen-bond donors (Lipinski definition) is 3. The molecule has 4 heterocycles. The highest BCUT2D eigenvalue weighted by atomic mass is 19.4. The van der Waals surface area contributed by atoms with E-state index in [1.165, 1.54) is 32.3 Å². The van der Waals surface area contributed by atoms with Crippen molar-refractivity contribution in [3.8, 4) is 6.07 Å². The molecule has 11 nitrogen and oxygen atoms in total. The monoisotopic (exact) mass is 576 g/mol. The molecule has 4 rings (SSSR count). The lowest BCUT2D eigenvalue weighted by molar-refractivity contribution is -0.162. The molecule has 0 aromatic carbocycles. The number of carbonyl (C=O) groups excluding carboxylic acids is 2. The van der Waals surface area contributed by atoms with Crippen LogP contribution in [0, 0.1) is 17.2 Å². The van der Waals surface area contributed by atoms with E-state index in [1.807, 2.05) is 6.07 Å². The van der Waals surface area contributed by atoms with Crippen molar-refractivity contribution >= 4 is 29.4 Å². The van der Waals surface area contributed by atoms with Gasteiger partial charge in [0.15, 0.2) is 0 Å². The molecule has 41 heavy (non-hydrogen) atoms. The number of pyridine rings is 1. The van der Waals surface area contributed by atoms with E-state index >= 15 is 0 Å². The Morgan fingerprint density at radius 2 is 2.02 bits per heavy atom. The SMILES string of the molecule is CC(C)(O)C(F)CNC(=O)c1cnc(C2=C3N=CC(C#N)C=C3N=N2)cc1NC1CCCN(C(=O)CC(F)(F)F)C1. The molecule has 0 saturated carbocycles. The Bertz CT molecular complexity index is 1370. The summed E-state index contributed by atoms with van der Waals surface area (Å²) in [5, 5.41) is 32.7. The molecule has 3 aliphatic heterocycles. The molecule has 3 atom stereocenters. The normalized spacial score (nSPS) is 21.2. The number of aliphatic hydroxyl groups is 1. The Kier molecular flexibility index (Phi) is 8.52. The van der Waals surface area contributed by atoms with Gasteiger partial charge < -0.3 is 20.6 Å². The van der Waals surface area contributed by atoms with Crippen LogP contribution >= 0.6 is 0 Å². The van der Waals surface area contributed by atoms with E-state index in [0.717, 1.165) is 4.90 Å². The van der Waals surface area contributed by atoms with E-state index < -0.39 is 54.7 Å². The van der Waals surface area contributed by atoms with Crippen molar-refractivity contribution in [2.75, 3.05) is 25.0 Å². The number of halogens is 4. The number of azo groups is 1. The van der Waals surface area contributed by atoms with Crippen LogP contribution in [0.3, 0.4) is 0 Å². The number of nitriles is 1. The zero-order chi connectivity index (χ0) is 29.9. The third-order valence-corrected chi connectivity index (χ3v) is 6.66. The molecule has 218 valence electrons. The Morgan fingerprint density at radius 3 is 2.71 bits per heavy atom. The Balaban J connectivity index is 1.62. The number of hydrogen-bond acceptors (Lipinski definition) is 9. The molecule has 0 spiro atoms. The van der Waals surface area contributed by atoms with Gasteiger partial charge in [0.1, 0.15) is 35.6 Å². The second-order valence-corrected chi connectivity index (χ2v) is 10.4. The van der Waals surface area contributed by atoms with Gasteiger partial charge in [0, 0.05) is 31.5 Å². The molecule has 1 aromatic rings. The first-order valence-corrected chi connectivity index (χ1v) is 12.8. The minimum Gasteiger partial charge on any atom is -0.387 e. The number of alkyl halides is 4. The van der Waals surface area contributed by atoms with Gasteiger partial charge in [-0.3, -0.25) is 19.6 Å². The third kappa shape index (κ3) is 7.31. The fraction of sp³-hybridized carbons (Fsp3) is 0.500. The lowest BCUT2D eigenvalue weighted by Crippen LogP contribution is -2.46. The lowest BCUT2D eigenvalue weighted by Gasteiger charge is -2.34. The van der Waals surface area contributed by atoms with Crippen LogP contribution < -0.4 is 10.6 Å². The fourth-order valence-electron chi connectivity index (χ4n) is 4.41. The van der Waals surface area contributed by atoms with Gasteiger partial charge >= 0.3 is 6.18 Å². The third-order valence-electron chi connectivity index (χ3n) is 6.66. The summed E-state index contributed by atoms with van der Waals surface area (Å²) in [5.41, 5.74) is -0.171. The number of piperidine rings is 1. The maximum atomic E-state index is 14.3. The first-order chi connectivity index (χ1) is 19.2. The molecule has 3 N–H and O–H groups in total. The molecular formula is C26H28F4N8O3. The summed E-state index contributed by atoms with van der Waals surface area (Å²) in [6.45, 7) is 2.19. The predicted molar refractivity (Wildman–Crippen MR) is 139 cm³/mol. The van der Waals surface area contributed by atoms with E-state index in [1.54, 1.807) is 6.08 Å². The van der Waals surface area contributed by atoms with Gasteiger partial charge in [0.2, 0.25) is 5.91 Å². The van der Waals surface area contributed by atoms with Gasteiger partial charge in [-0.25, -0.2) is 4.39 Å². The maximum Gasteiger partial charge on any atom is 0.397 e. The minimum atomic E-state index is -4.63. The lowest BCUT2D eigenvalue weighted by atomic mass is 10.0. The van der Waals surface area contributed by atoms with Crippen molar-refractivity contribution in [1.82, 2.24) is 15.2 Å². The van der Waals surface area contributed by atoms with Crippen LogP contribution in [0.15, 0.2) is 45.0 Å². The molecule has 15 heteroatoms. The van der Waals surface area contributed by atoms with Crippen LogP contribution in [-0.4, -0.2) is 76.6 Å². The van der Waals surface area contributed by atoms with Crippen LogP contribution in [-0.2, 0) is 4.79 Å². The van der Waals surface area contributed by atoms with Crippen LogP contribution in [0.1, 0.15) is 49.2 Å². The number of nitrogens with zero attached hydrogens (tertiary/aromatic N) is 6. The summed E-state index contributed by atoms with van der Waals surface area (Å²) >= 11 is 0. The van der Waals surface area contributed by atoms with E-state index in [9.17, 15) is 32.3 Å². The van der Waals surface area contributed by atoms with Crippen molar-refractivity contribution < 1.29 is 32.3 Å². The molecule has 0 aliphatic carbocycles. The Morgan fingerprint density at radius 1 is 1.27 bits per heavy atom. The van der Waals surface area contributed by atoms with Crippen molar-refractivity contribution in [1.29, 1.82) is 5.26 Å². The second kappa shape index (κ2) is 11.7. The molecule has 1 saturated heterocycles. The number of anilines is 1. The molecule has 0 bridgehead atoms. The number of aromatic nitrogens is 1. The quantitative estimate of drug-likeness (QED) is 0.402. The molecule has 1 aromatic heterocycles. The van der Waals surface area contributed by atoms with Gasteiger partial charge in [0.05, 0.1) is 35.2 Å². The average Bonchev–Trinajstić information content (AvgIpc) is 3.33. The number of fused-ring (bicyclic) bond motifs is 1. The number of carbonyl (C=O) groups is 2. The average molecular weight is 577 g/mol. The molecule has 1 fully saturated rings. The van der Waals surface area contributed by atoms with Crippen LogP contribution in [0.5, 0.6) is 0 Å². The van der Waals surface area contributed by atoms with Crippen molar-refractivity contribution in [2.24, 2.45) is 21.1 Å². The van der Waals surface area contributed by atoms with E-state index in [-0.39, 0.29) is 35.7 Å². The first-order valence-electron chi connectivity index (χ1n) is 12.8. The number of likely N-dealkylation sites (tertiary alicyclic amines) is 1. The van der Waals surface area contributed by atoms with E-state index in [4.69, 9.17) is 5.26 Å². The summed E-state index contributed by atoms with van der Waals surface area (Å²) in [7, 11) is 0. The van der Waals surface area contributed by atoms with Gasteiger partial charge in [-0.2, -0.15) is 18.4 Å². The summed E-state index contributed by atoms with van der Waals surface area (Å²) in [6.07, 6.45) is -2.78. The van der Waals surface area contributed by atoms with Gasteiger partial charge in [-0.15, -0.1) is 10.2 Å². The van der Waals surface area contributed by atoms with Gasteiger partial charge in [-0.1, -0.05) is 0 Å². The van der Waals surface area contributed by atoms with Crippen LogP contribution in [0.4, 0.5) is 23.2 Å². The predicted octanol–water partition coefficient (Wildman–Crippen LogP) is 3.52. The first kappa shape index (κ1) is 29.8.